The summed E-state index contributed by atoms with van der Waals surface area (Å²) in [5.41, 5.74) is 4.92. The van der Waals surface area contributed by atoms with Gasteiger partial charge in [0.05, 0.1) is 5.69 Å². The maximum atomic E-state index is 13.5. The van der Waals surface area contributed by atoms with E-state index in [1.807, 2.05) is 5.32 Å². The Morgan fingerprint density at radius 1 is 1.40 bits per heavy atom. The number of halogens is 4. The van der Waals surface area contributed by atoms with Crippen molar-refractivity contribution in [2.24, 2.45) is 10.9 Å². The Hall–Kier alpha value is -2.52. The fourth-order valence-corrected chi connectivity index (χ4v) is 1.18. The summed E-state index contributed by atoms with van der Waals surface area (Å²) in [5, 5.41) is 14.5. The van der Waals surface area contributed by atoms with Gasteiger partial charge in [0.2, 0.25) is 0 Å². The molecule has 0 heterocycles. The number of carbonyl (C=O) groups excluding carboxylic acids is 1. The van der Waals surface area contributed by atoms with E-state index in [1.165, 1.54) is 11.4 Å². The van der Waals surface area contributed by atoms with E-state index in [0.717, 1.165) is 12.1 Å². The maximum Gasteiger partial charge on any atom is 0.405 e. The molecule has 2 amide bonds. The number of nitrogens with one attached hydrogen (secondary N) is 2. The second-order valence-electron chi connectivity index (χ2n) is 3.60. The SMILES string of the molecule is N/C(=N/O)c1ccc(NC(=O)NCC(F)(F)F)c(F)c1. The summed E-state index contributed by atoms with van der Waals surface area (Å²) in [6.45, 7) is -1.54. The molecule has 0 atom stereocenters. The van der Waals surface area contributed by atoms with E-state index >= 15 is 0 Å². The number of alkyl halides is 3. The maximum absolute atomic E-state index is 13.5. The smallest absolute Gasteiger partial charge is 0.405 e. The van der Waals surface area contributed by atoms with Crippen LogP contribution in [0.2, 0.25) is 0 Å². The second kappa shape index (κ2) is 6.08. The molecule has 110 valence electrons. The van der Waals surface area contributed by atoms with Gasteiger partial charge in [-0.2, -0.15) is 13.2 Å². The van der Waals surface area contributed by atoms with Crippen LogP contribution in [0.25, 0.3) is 0 Å². The largest absolute Gasteiger partial charge is 0.409 e. The van der Waals surface area contributed by atoms with E-state index in [2.05, 4.69) is 5.16 Å². The number of hydrogen-bond acceptors (Lipinski definition) is 3. The van der Waals surface area contributed by atoms with Gasteiger partial charge in [-0.05, 0) is 18.2 Å². The Morgan fingerprint density at radius 3 is 2.55 bits per heavy atom. The van der Waals surface area contributed by atoms with Gasteiger partial charge in [-0.25, -0.2) is 9.18 Å². The van der Waals surface area contributed by atoms with Crippen LogP contribution < -0.4 is 16.4 Å². The summed E-state index contributed by atoms with van der Waals surface area (Å²) in [6.07, 6.45) is -4.56. The predicted molar refractivity (Wildman–Crippen MR) is 62.0 cm³/mol. The zero-order valence-electron chi connectivity index (χ0n) is 9.83. The zero-order chi connectivity index (χ0) is 15.3. The third-order valence-corrected chi connectivity index (χ3v) is 2.07. The van der Waals surface area contributed by atoms with Crippen LogP contribution in [0.4, 0.5) is 28.0 Å². The van der Waals surface area contributed by atoms with Crippen molar-refractivity contribution in [3.63, 3.8) is 0 Å². The molecule has 0 aliphatic carbocycles. The minimum Gasteiger partial charge on any atom is -0.409 e. The molecule has 0 aliphatic rings. The first-order valence-corrected chi connectivity index (χ1v) is 5.12. The molecule has 0 saturated carbocycles. The van der Waals surface area contributed by atoms with E-state index in [9.17, 15) is 22.4 Å². The molecule has 0 saturated heterocycles. The summed E-state index contributed by atoms with van der Waals surface area (Å²) in [7, 11) is 0. The van der Waals surface area contributed by atoms with Gasteiger partial charge in [-0.15, -0.1) is 0 Å². The highest BCUT2D eigenvalue weighted by Crippen LogP contribution is 2.16. The Kier molecular flexibility index (Phi) is 4.73. The number of rotatable bonds is 3. The number of amidine groups is 1. The standard InChI is InChI=1S/C10H10F4N4O2/c11-6-3-5(8(15)18-20)1-2-7(6)17-9(19)16-4-10(12,13)14/h1-3,20H,4H2,(H2,15,18)(H2,16,17,19). The topological polar surface area (TPSA) is 99.7 Å². The van der Waals surface area contributed by atoms with Crippen molar-refractivity contribution in [2.75, 3.05) is 11.9 Å². The summed E-state index contributed by atoms with van der Waals surface area (Å²) in [4.78, 5) is 11.1. The minimum atomic E-state index is -4.56. The molecular formula is C10H10F4N4O2. The van der Waals surface area contributed by atoms with Crippen LogP contribution in [-0.4, -0.2) is 29.8 Å². The average Bonchev–Trinajstić information content (AvgIpc) is 2.37. The number of oxime groups is 1. The lowest BCUT2D eigenvalue weighted by atomic mass is 10.2. The highest BCUT2D eigenvalue weighted by atomic mass is 19.4. The molecule has 0 aliphatic heterocycles. The van der Waals surface area contributed by atoms with Crippen molar-refractivity contribution in [1.29, 1.82) is 0 Å². The fourth-order valence-electron chi connectivity index (χ4n) is 1.18. The summed E-state index contributed by atoms with van der Waals surface area (Å²) in [6, 6.07) is 1.93. The number of urea groups is 1. The van der Waals surface area contributed by atoms with Crippen LogP contribution >= 0.6 is 0 Å². The average molecular weight is 294 g/mol. The van der Waals surface area contributed by atoms with Gasteiger partial charge in [0, 0.05) is 5.56 Å². The molecule has 1 aromatic rings. The first kappa shape index (κ1) is 15.5. The first-order valence-electron chi connectivity index (χ1n) is 5.12. The highest BCUT2D eigenvalue weighted by molar-refractivity contribution is 5.98. The lowest BCUT2D eigenvalue weighted by Gasteiger charge is -2.10. The minimum absolute atomic E-state index is 0.0475. The van der Waals surface area contributed by atoms with Gasteiger partial charge in [-0.1, -0.05) is 5.16 Å². The Morgan fingerprint density at radius 2 is 2.05 bits per heavy atom. The number of anilines is 1. The number of amides is 2. The molecule has 1 rings (SSSR count). The lowest BCUT2D eigenvalue weighted by Crippen LogP contribution is -2.36. The quantitative estimate of drug-likeness (QED) is 0.224. The molecule has 20 heavy (non-hydrogen) atoms. The molecular weight excluding hydrogens is 284 g/mol. The molecule has 0 spiro atoms. The molecule has 0 aromatic heterocycles. The second-order valence-corrected chi connectivity index (χ2v) is 3.60. The van der Waals surface area contributed by atoms with E-state index in [4.69, 9.17) is 10.9 Å². The van der Waals surface area contributed by atoms with Crippen molar-refractivity contribution in [3.8, 4) is 0 Å². The van der Waals surface area contributed by atoms with Crippen LogP contribution in [0.1, 0.15) is 5.56 Å². The lowest BCUT2D eigenvalue weighted by molar-refractivity contribution is -0.122. The van der Waals surface area contributed by atoms with Crippen molar-refractivity contribution in [1.82, 2.24) is 5.32 Å². The fraction of sp³-hybridized carbons (Fsp3) is 0.200. The third kappa shape index (κ3) is 4.63. The van der Waals surface area contributed by atoms with Gasteiger partial charge < -0.3 is 21.6 Å². The number of benzene rings is 1. The van der Waals surface area contributed by atoms with Crippen LogP contribution in [0.5, 0.6) is 0 Å². The zero-order valence-corrected chi connectivity index (χ0v) is 9.83. The van der Waals surface area contributed by atoms with Crippen LogP contribution in [0, 0.1) is 5.82 Å². The number of nitrogens with two attached hydrogens (primary N) is 1. The molecule has 10 heteroatoms. The van der Waals surface area contributed by atoms with Crippen LogP contribution in [0.3, 0.4) is 0 Å². The van der Waals surface area contributed by atoms with Crippen LogP contribution in [-0.2, 0) is 0 Å². The Balaban J connectivity index is 2.72. The van der Waals surface area contributed by atoms with Gasteiger partial charge >= 0.3 is 12.2 Å². The summed E-state index contributed by atoms with van der Waals surface area (Å²) < 4.78 is 49.1. The normalized spacial score (nSPS) is 12.1. The van der Waals surface area contributed by atoms with Crippen molar-refractivity contribution < 1.29 is 27.6 Å². The molecule has 0 unspecified atom stereocenters. The van der Waals surface area contributed by atoms with E-state index in [1.54, 1.807) is 0 Å². The van der Waals surface area contributed by atoms with Gasteiger partial charge in [0.1, 0.15) is 12.4 Å². The van der Waals surface area contributed by atoms with Gasteiger partial charge in [-0.3, -0.25) is 0 Å². The molecule has 1 aromatic carbocycles. The van der Waals surface area contributed by atoms with E-state index in [-0.39, 0.29) is 17.1 Å². The van der Waals surface area contributed by atoms with Gasteiger partial charge in [0.25, 0.3) is 0 Å². The number of nitrogens with zero attached hydrogens (tertiary/aromatic N) is 1. The van der Waals surface area contributed by atoms with E-state index in [0.29, 0.717) is 0 Å². The Labute approximate surface area is 110 Å². The number of carbonyl (C=O) groups is 1. The molecule has 6 nitrogen and oxygen atoms in total. The van der Waals surface area contributed by atoms with Crippen molar-refractivity contribution in [3.05, 3.63) is 29.6 Å². The molecule has 0 radical (unpaired) electrons. The monoisotopic (exact) mass is 294 g/mol. The van der Waals surface area contributed by atoms with Crippen LogP contribution in [0.15, 0.2) is 23.4 Å². The first-order chi connectivity index (χ1) is 9.23. The van der Waals surface area contributed by atoms with E-state index < -0.39 is 24.6 Å². The Bertz CT molecular complexity index is 530. The highest BCUT2D eigenvalue weighted by Gasteiger charge is 2.27. The van der Waals surface area contributed by atoms with Crippen molar-refractivity contribution >= 4 is 17.6 Å². The summed E-state index contributed by atoms with van der Waals surface area (Å²) >= 11 is 0. The molecule has 0 fully saturated rings. The summed E-state index contributed by atoms with van der Waals surface area (Å²) in [5.74, 6) is -1.30. The molecule has 5 N–H and O–H groups in total. The van der Waals surface area contributed by atoms with Gasteiger partial charge in [0.15, 0.2) is 5.84 Å². The molecule has 0 bridgehead atoms. The number of hydrogen-bond donors (Lipinski definition) is 4. The third-order valence-electron chi connectivity index (χ3n) is 2.07. The predicted octanol–water partition coefficient (Wildman–Crippen LogP) is 1.60. The van der Waals surface area contributed by atoms with Crippen molar-refractivity contribution in [2.45, 2.75) is 6.18 Å².